The van der Waals surface area contributed by atoms with E-state index in [0.29, 0.717) is 13.2 Å². The molecule has 2 atom stereocenters. The Morgan fingerprint density at radius 2 is 2.32 bits per heavy atom. The van der Waals surface area contributed by atoms with Crippen LogP contribution in [0.3, 0.4) is 0 Å². The van der Waals surface area contributed by atoms with Crippen LogP contribution in [0.15, 0.2) is 15.9 Å². The summed E-state index contributed by atoms with van der Waals surface area (Å²) in [5, 5.41) is 9.14. The molecule has 0 unspecified atom stereocenters. The van der Waals surface area contributed by atoms with Crippen molar-refractivity contribution in [3.05, 3.63) is 20.8 Å². The van der Waals surface area contributed by atoms with Gasteiger partial charge in [-0.3, -0.25) is 4.79 Å². The van der Waals surface area contributed by atoms with Gasteiger partial charge in [-0.2, -0.15) is 0 Å². The van der Waals surface area contributed by atoms with Crippen LogP contribution in [0.5, 0.6) is 0 Å². The molecule has 0 spiro atoms. The molecule has 0 radical (unpaired) electrons. The molecule has 104 valence electrons. The maximum absolute atomic E-state index is 12.4. The highest BCUT2D eigenvalue weighted by molar-refractivity contribution is 9.11. The van der Waals surface area contributed by atoms with E-state index in [2.05, 4.69) is 15.9 Å². The van der Waals surface area contributed by atoms with Gasteiger partial charge >= 0.3 is 5.97 Å². The van der Waals surface area contributed by atoms with Crippen LogP contribution in [0.25, 0.3) is 0 Å². The van der Waals surface area contributed by atoms with Crippen LogP contribution in [-0.4, -0.2) is 47.7 Å². The Balaban J connectivity index is 2.15. The number of thiophene rings is 1. The Kier molecular flexibility index (Phi) is 4.59. The van der Waals surface area contributed by atoms with Crippen LogP contribution < -0.4 is 0 Å². The third-order valence-corrected chi connectivity index (χ3v) is 4.89. The molecule has 1 aromatic rings. The Morgan fingerprint density at radius 1 is 1.58 bits per heavy atom. The summed E-state index contributed by atoms with van der Waals surface area (Å²) < 4.78 is 6.09. The van der Waals surface area contributed by atoms with Crippen LogP contribution in [0.1, 0.15) is 17.7 Å². The summed E-state index contributed by atoms with van der Waals surface area (Å²) in [7, 11) is 0. The maximum atomic E-state index is 12.4. The molecule has 1 aliphatic heterocycles. The lowest BCUT2D eigenvalue weighted by Crippen LogP contribution is -2.53. The van der Waals surface area contributed by atoms with E-state index in [4.69, 9.17) is 9.84 Å². The zero-order valence-electron chi connectivity index (χ0n) is 10.3. The monoisotopic (exact) mass is 347 g/mol. The Bertz CT molecular complexity index is 490. The van der Waals surface area contributed by atoms with Crippen molar-refractivity contribution in [1.29, 1.82) is 0 Å². The SMILES string of the molecule is C[C@H](C(=O)N1CCOC[C@@H]1C(=O)O)c1ccc(Br)s1. The number of halogens is 1. The van der Waals surface area contributed by atoms with Crippen LogP contribution in [0.4, 0.5) is 0 Å². The second-order valence-electron chi connectivity index (χ2n) is 4.32. The summed E-state index contributed by atoms with van der Waals surface area (Å²) in [5.41, 5.74) is 0. The molecule has 1 N–H and O–H groups in total. The van der Waals surface area contributed by atoms with Crippen LogP contribution in [0, 0.1) is 0 Å². The van der Waals surface area contributed by atoms with E-state index >= 15 is 0 Å². The Hall–Kier alpha value is -0.920. The van der Waals surface area contributed by atoms with Gasteiger partial charge in [0.05, 0.1) is 22.9 Å². The predicted octanol–water partition coefficient (Wildman–Crippen LogP) is 1.93. The normalized spacial score (nSPS) is 21.2. The molecule has 19 heavy (non-hydrogen) atoms. The average Bonchev–Trinajstić information content (AvgIpc) is 2.83. The Morgan fingerprint density at radius 3 is 2.89 bits per heavy atom. The van der Waals surface area contributed by atoms with Crippen molar-refractivity contribution < 1.29 is 19.4 Å². The number of carbonyl (C=O) groups excluding carboxylic acids is 1. The van der Waals surface area contributed by atoms with Gasteiger partial charge in [-0.25, -0.2) is 4.79 Å². The smallest absolute Gasteiger partial charge is 0.328 e. The summed E-state index contributed by atoms with van der Waals surface area (Å²) in [5.74, 6) is -1.52. The molecule has 1 saturated heterocycles. The number of morpholine rings is 1. The molecule has 1 amide bonds. The lowest BCUT2D eigenvalue weighted by atomic mass is 10.1. The van der Waals surface area contributed by atoms with Crippen LogP contribution >= 0.6 is 27.3 Å². The summed E-state index contributed by atoms with van der Waals surface area (Å²) in [6.07, 6.45) is 0. The minimum Gasteiger partial charge on any atom is -0.480 e. The van der Waals surface area contributed by atoms with E-state index in [9.17, 15) is 9.59 Å². The number of carboxylic acids is 1. The second kappa shape index (κ2) is 6.02. The number of ether oxygens (including phenoxy) is 1. The minimum absolute atomic E-state index is 0.0575. The zero-order chi connectivity index (χ0) is 14.0. The minimum atomic E-state index is -1.02. The van der Waals surface area contributed by atoms with Gasteiger partial charge in [0.25, 0.3) is 0 Å². The number of nitrogens with zero attached hydrogens (tertiary/aromatic N) is 1. The fraction of sp³-hybridized carbons (Fsp3) is 0.500. The number of amides is 1. The van der Waals surface area contributed by atoms with E-state index < -0.39 is 12.0 Å². The highest BCUT2D eigenvalue weighted by Gasteiger charge is 2.35. The maximum Gasteiger partial charge on any atom is 0.328 e. The molecule has 7 heteroatoms. The van der Waals surface area contributed by atoms with E-state index in [1.54, 1.807) is 6.92 Å². The molecule has 0 bridgehead atoms. The summed E-state index contributed by atoms with van der Waals surface area (Å²) >= 11 is 4.85. The molecule has 1 fully saturated rings. The van der Waals surface area contributed by atoms with Gasteiger partial charge in [0, 0.05) is 11.4 Å². The molecular formula is C12H14BrNO4S. The highest BCUT2D eigenvalue weighted by atomic mass is 79.9. The first-order valence-electron chi connectivity index (χ1n) is 5.87. The highest BCUT2D eigenvalue weighted by Crippen LogP contribution is 2.30. The van der Waals surface area contributed by atoms with Gasteiger partial charge in [-0.15, -0.1) is 11.3 Å². The number of rotatable bonds is 3. The molecule has 1 aliphatic rings. The van der Waals surface area contributed by atoms with Crippen molar-refractivity contribution in [2.45, 2.75) is 18.9 Å². The summed E-state index contributed by atoms with van der Waals surface area (Å²) in [4.78, 5) is 25.9. The van der Waals surface area contributed by atoms with Crippen LogP contribution in [-0.2, 0) is 14.3 Å². The molecule has 0 aromatic carbocycles. The van der Waals surface area contributed by atoms with Gasteiger partial charge in [0.15, 0.2) is 6.04 Å². The molecule has 5 nitrogen and oxygen atoms in total. The topological polar surface area (TPSA) is 66.8 Å². The van der Waals surface area contributed by atoms with Crippen molar-refractivity contribution >= 4 is 39.1 Å². The quantitative estimate of drug-likeness (QED) is 0.907. The molecule has 2 heterocycles. The van der Waals surface area contributed by atoms with E-state index in [1.807, 2.05) is 12.1 Å². The standard InChI is InChI=1S/C12H14BrNO4S/c1-7(9-2-3-10(13)19-9)11(15)14-4-5-18-6-8(14)12(16)17/h2-3,7-8H,4-6H2,1H3,(H,16,17)/t7-,8+/m0/s1. The molecule has 0 aliphatic carbocycles. The van der Waals surface area contributed by atoms with Crippen molar-refractivity contribution in [1.82, 2.24) is 4.90 Å². The number of hydrogen-bond donors (Lipinski definition) is 1. The lowest BCUT2D eigenvalue weighted by Gasteiger charge is -2.34. The molecular weight excluding hydrogens is 334 g/mol. The Labute approximate surface area is 123 Å². The lowest BCUT2D eigenvalue weighted by molar-refractivity contribution is -0.158. The van der Waals surface area contributed by atoms with Gasteiger partial charge < -0.3 is 14.7 Å². The third-order valence-electron chi connectivity index (χ3n) is 3.09. The largest absolute Gasteiger partial charge is 0.480 e. The van der Waals surface area contributed by atoms with Gasteiger partial charge in [0.1, 0.15) is 0 Å². The first-order chi connectivity index (χ1) is 9.00. The third kappa shape index (κ3) is 3.16. The van der Waals surface area contributed by atoms with Crippen LogP contribution in [0.2, 0.25) is 0 Å². The zero-order valence-corrected chi connectivity index (χ0v) is 12.7. The first kappa shape index (κ1) is 14.5. The van der Waals surface area contributed by atoms with Gasteiger partial charge in [-0.05, 0) is 35.0 Å². The molecule has 2 rings (SSSR count). The molecule has 1 aromatic heterocycles. The average molecular weight is 348 g/mol. The van der Waals surface area contributed by atoms with Crippen molar-refractivity contribution in [3.8, 4) is 0 Å². The fourth-order valence-electron chi connectivity index (χ4n) is 2.00. The number of hydrogen-bond acceptors (Lipinski definition) is 4. The fourth-order valence-corrected chi connectivity index (χ4v) is 3.47. The first-order valence-corrected chi connectivity index (χ1v) is 7.48. The second-order valence-corrected chi connectivity index (χ2v) is 6.82. The van der Waals surface area contributed by atoms with Crippen molar-refractivity contribution in [2.24, 2.45) is 0 Å². The van der Waals surface area contributed by atoms with E-state index in [1.165, 1.54) is 16.2 Å². The van der Waals surface area contributed by atoms with Crippen molar-refractivity contribution in [3.63, 3.8) is 0 Å². The van der Waals surface area contributed by atoms with Crippen molar-refractivity contribution in [2.75, 3.05) is 19.8 Å². The molecule has 0 saturated carbocycles. The predicted molar refractivity (Wildman–Crippen MR) is 74.4 cm³/mol. The number of carboxylic acid groups (broad SMARTS) is 1. The summed E-state index contributed by atoms with van der Waals surface area (Å²) in [6.45, 7) is 2.57. The van der Waals surface area contributed by atoms with E-state index in [0.717, 1.165) is 8.66 Å². The number of carbonyl (C=O) groups is 2. The summed E-state index contributed by atoms with van der Waals surface area (Å²) in [6, 6.07) is 2.89. The van der Waals surface area contributed by atoms with Gasteiger partial charge in [0.2, 0.25) is 5.91 Å². The van der Waals surface area contributed by atoms with E-state index in [-0.39, 0.29) is 18.4 Å². The van der Waals surface area contributed by atoms with Gasteiger partial charge in [-0.1, -0.05) is 0 Å². The number of aliphatic carboxylic acids is 1.